The standard InChI is InChI=1S/C13H17F3N2S/c14-13(15,16)8-19-12-4-2-1-3-11(12)18-10-6-5-9(17)7-10/h1-4,9-10,18H,5-8,17H2. The first-order chi connectivity index (χ1) is 8.94. The van der Waals surface area contributed by atoms with Crippen molar-refractivity contribution in [1.29, 1.82) is 0 Å². The zero-order valence-electron chi connectivity index (χ0n) is 10.4. The van der Waals surface area contributed by atoms with Gasteiger partial charge in [0.2, 0.25) is 0 Å². The van der Waals surface area contributed by atoms with E-state index in [1.165, 1.54) is 0 Å². The molecule has 1 aliphatic carbocycles. The lowest BCUT2D eigenvalue weighted by Gasteiger charge is -2.17. The third-order valence-electron chi connectivity index (χ3n) is 3.11. The predicted molar refractivity (Wildman–Crippen MR) is 72.5 cm³/mol. The molecule has 0 radical (unpaired) electrons. The number of alkyl halides is 3. The van der Waals surface area contributed by atoms with Gasteiger partial charge in [-0.1, -0.05) is 12.1 Å². The molecule has 0 aliphatic heterocycles. The van der Waals surface area contributed by atoms with E-state index in [1.54, 1.807) is 12.1 Å². The first-order valence-corrected chi connectivity index (χ1v) is 7.23. The Morgan fingerprint density at radius 1 is 1.26 bits per heavy atom. The summed E-state index contributed by atoms with van der Waals surface area (Å²) in [4.78, 5) is 0.639. The van der Waals surface area contributed by atoms with Crippen LogP contribution in [0.4, 0.5) is 18.9 Å². The average Bonchev–Trinajstić information content (AvgIpc) is 2.73. The lowest BCUT2D eigenvalue weighted by molar-refractivity contribution is -0.105. The molecule has 1 aromatic rings. The number of hydrogen-bond acceptors (Lipinski definition) is 3. The Bertz CT molecular complexity index is 423. The Labute approximate surface area is 114 Å². The molecule has 0 bridgehead atoms. The molecule has 6 heteroatoms. The van der Waals surface area contributed by atoms with Crippen LogP contribution in [0.25, 0.3) is 0 Å². The fourth-order valence-electron chi connectivity index (χ4n) is 2.24. The number of hydrogen-bond donors (Lipinski definition) is 2. The molecule has 0 aromatic heterocycles. The molecule has 1 saturated carbocycles. The van der Waals surface area contributed by atoms with Crippen LogP contribution >= 0.6 is 11.8 Å². The van der Waals surface area contributed by atoms with Crippen molar-refractivity contribution in [2.24, 2.45) is 5.73 Å². The van der Waals surface area contributed by atoms with E-state index in [-0.39, 0.29) is 12.1 Å². The van der Waals surface area contributed by atoms with Crippen LogP contribution in [0.3, 0.4) is 0 Å². The second-order valence-corrected chi connectivity index (χ2v) is 5.83. The third-order valence-corrected chi connectivity index (χ3v) is 4.25. The van der Waals surface area contributed by atoms with E-state index in [0.29, 0.717) is 4.90 Å². The van der Waals surface area contributed by atoms with Gasteiger partial charge in [0.05, 0.1) is 5.75 Å². The van der Waals surface area contributed by atoms with Crippen LogP contribution in [0.2, 0.25) is 0 Å². The highest BCUT2D eigenvalue weighted by Crippen LogP contribution is 2.33. The summed E-state index contributed by atoms with van der Waals surface area (Å²) in [6, 6.07) is 7.59. The third kappa shape index (κ3) is 4.62. The van der Waals surface area contributed by atoms with E-state index in [1.807, 2.05) is 12.1 Å². The van der Waals surface area contributed by atoms with Crippen molar-refractivity contribution in [2.45, 2.75) is 42.4 Å². The fourth-order valence-corrected chi connectivity index (χ4v) is 3.02. The van der Waals surface area contributed by atoms with Gasteiger partial charge >= 0.3 is 6.18 Å². The number of halogens is 3. The minimum absolute atomic E-state index is 0.201. The monoisotopic (exact) mass is 290 g/mol. The number of nitrogens with one attached hydrogen (secondary N) is 1. The number of thioether (sulfide) groups is 1. The van der Waals surface area contributed by atoms with Crippen molar-refractivity contribution in [3.05, 3.63) is 24.3 Å². The summed E-state index contributed by atoms with van der Waals surface area (Å²) in [5.74, 6) is -0.865. The maximum absolute atomic E-state index is 12.3. The van der Waals surface area contributed by atoms with E-state index in [0.717, 1.165) is 36.7 Å². The van der Waals surface area contributed by atoms with Crippen molar-refractivity contribution < 1.29 is 13.2 Å². The largest absolute Gasteiger partial charge is 0.398 e. The molecule has 0 spiro atoms. The number of benzene rings is 1. The number of nitrogens with two attached hydrogens (primary N) is 1. The molecule has 1 aromatic carbocycles. The summed E-state index contributed by atoms with van der Waals surface area (Å²) in [5, 5.41) is 3.31. The van der Waals surface area contributed by atoms with Crippen molar-refractivity contribution in [2.75, 3.05) is 11.1 Å². The minimum atomic E-state index is -4.15. The van der Waals surface area contributed by atoms with Crippen molar-refractivity contribution in [3.63, 3.8) is 0 Å². The second-order valence-electron chi connectivity index (χ2n) is 4.81. The van der Waals surface area contributed by atoms with Crippen LogP contribution in [0.1, 0.15) is 19.3 Å². The summed E-state index contributed by atoms with van der Waals surface area (Å²) in [6.07, 6.45) is -1.33. The van der Waals surface area contributed by atoms with E-state index in [2.05, 4.69) is 5.32 Å². The molecule has 1 fully saturated rings. The van der Waals surface area contributed by atoms with Gasteiger partial charge in [0.1, 0.15) is 0 Å². The molecule has 0 saturated heterocycles. The highest BCUT2D eigenvalue weighted by atomic mass is 32.2. The second kappa shape index (κ2) is 6.05. The molecule has 1 aliphatic rings. The van der Waals surface area contributed by atoms with Gasteiger partial charge in [0.15, 0.2) is 0 Å². The summed E-state index contributed by atoms with van der Waals surface area (Å²) in [6.45, 7) is 0. The van der Waals surface area contributed by atoms with E-state index >= 15 is 0 Å². The fraction of sp³-hybridized carbons (Fsp3) is 0.538. The van der Waals surface area contributed by atoms with Crippen LogP contribution in [-0.4, -0.2) is 24.0 Å². The predicted octanol–water partition coefficient (Wildman–Crippen LogP) is 3.63. The normalized spacial score (nSPS) is 23.6. The zero-order valence-corrected chi connectivity index (χ0v) is 11.2. The van der Waals surface area contributed by atoms with Gasteiger partial charge < -0.3 is 11.1 Å². The SMILES string of the molecule is NC1CCC(Nc2ccccc2SCC(F)(F)F)C1. The summed E-state index contributed by atoms with van der Waals surface area (Å²) < 4.78 is 36.8. The van der Waals surface area contributed by atoms with Crippen molar-refractivity contribution >= 4 is 17.4 Å². The molecule has 2 atom stereocenters. The van der Waals surface area contributed by atoms with Crippen LogP contribution in [-0.2, 0) is 0 Å². The Hall–Kier alpha value is -0.880. The quantitative estimate of drug-likeness (QED) is 0.832. The molecule has 2 unspecified atom stereocenters. The van der Waals surface area contributed by atoms with Gasteiger partial charge in [-0.15, -0.1) is 11.8 Å². The minimum Gasteiger partial charge on any atom is -0.381 e. The first-order valence-electron chi connectivity index (χ1n) is 6.25. The average molecular weight is 290 g/mol. The lowest BCUT2D eigenvalue weighted by atomic mass is 10.2. The smallest absolute Gasteiger partial charge is 0.381 e. The Morgan fingerprint density at radius 3 is 2.63 bits per heavy atom. The van der Waals surface area contributed by atoms with E-state index < -0.39 is 11.9 Å². The maximum Gasteiger partial charge on any atom is 0.398 e. The van der Waals surface area contributed by atoms with Gasteiger partial charge in [0.25, 0.3) is 0 Å². The maximum atomic E-state index is 12.3. The van der Waals surface area contributed by atoms with E-state index in [4.69, 9.17) is 5.73 Å². The Morgan fingerprint density at radius 2 is 2.00 bits per heavy atom. The molecular weight excluding hydrogens is 273 g/mol. The zero-order chi connectivity index (χ0) is 13.9. The molecule has 2 rings (SSSR count). The Kier molecular flexibility index (Phi) is 4.62. The van der Waals surface area contributed by atoms with Gasteiger partial charge in [-0.25, -0.2) is 0 Å². The molecular formula is C13H17F3N2S. The van der Waals surface area contributed by atoms with E-state index in [9.17, 15) is 13.2 Å². The number of para-hydroxylation sites is 1. The van der Waals surface area contributed by atoms with Crippen molar-refractivity contribution in [3.8, 4) is 0 Å². The van der Waals surface area contributed by atoms with Crippen molar-refractivity contribution in [1.82, 2.24) is 0 Å². The summed E-state index contributed by atoms with van der Waals surface area (Å²) in [7, 11) is 0. The first kappa shape index (κ1) is 14.5. The van der Waals surface area contributed by atoms with Crippen LogP contribution in [0.5, 0.6) is 0 Å². The highest BCUT2D eigenvalue weighted by Gasteiger charge is 2.28. The van der Waals surface area contributed by atoms with Gasteiger partial charge in [-0.05, 0) is 31.4 Å². The number of anilines is 1. The lowest BCUT2D eigenvalue weighted by Crippen LogP contribution is -2.21. The van der Waals surface area contributed by atoms with Crippen LogP contribution < -0.4 is 11.1 Å². The molecule has 2 nitrogen and oxygen atoms in total. The summed E-state index contributed by atoms with van der Waals surface area (Å²) >= 11 is 0.819. The number of rotatable bonds is 4. The molecule has 106 valence electrons. The Balaban J connectivity index is 1.99. The molecule has 19 heavy (non-hydrogen) atoms. The molecule has 0 heterocycles. The molecule has 0 amide bonds. The highest BCUT2D eigenvalue weighted by molar-refractivity contribution is 7.99. The van der Waals surface area contributed by atoms with Crippen LogP contribution in [0.15, 0.2) is 29.2 Å². The van der Waals surface area contributed by atoms with Crippen LogP contribution in [0, 0.1) is 0 Å². The van der Waals surface area contributed by atoms with Gasteiger partial charge in [0, 0.05) is 22.7 Å². The van der Waals surface area contributed by atoms with Gasteiger partial charge in [-0.3, -0.25) is 0 Å². The summed E-state index contributed by atoms with van der Waals surface area (Å²) in [5.41, 5.74) is 6.61. The topological polar surface area (TPSA) is 38.0 Å². The van der Waals surface area contributed by atoms with Gasteiger partial charge in [-0.2, -0.15) is 13.2 Å². The molecule has 3 N–H and O–H groups in total.